The second kappa shape index (κ2) is 21.0. The summed E-state index contributed by atoms with van der Waals surface area (Å²) in [5.41, 5.74) is 43.7. The fourth-order valence-electron chi connectivity index (χ4n) is 18.2. The molecular weight excluding hydrogens is 1150 g/mol. The first-order valence-electron chi connectivity index (χ1n) is 34.8. The van der Waals surface area contributed by atoms with Crippen LogP contribution in [0, 0.1) is 0 Å². The normalized spacial score (nSPS) is 17.1. The summed E-state index contributed by atoms with van der Waals surface area (Å²) in [4.78, 5) is 0. The summed E-state index contributed by atoms with van der Waals surface area (Å²) in [5, 5.41) is 0. The third kappa shape index (κ3) is 8.84. The molecular formula is C94H84O. The number of fused-ring (bicyclic) bond motifs is 18. The van der Waals surface area contributed by atoms with Gasteiger partial charge in [-0.15, -0.1) is 0 Å². The van der Waals surface area contributed by atoms with Crippen molar-refractivity contribution in [2.75, 3.05) is 13.2 Å². The molecule has 7 aliphatic rings. The number of hydrogen-bond acceptors (Lipinski definition) is 1. The molecule has 0 spiro atoms. The van der Waals surface area contributed by atoms with E-state index in [1.807, 2.05) is 0 Å². The first-order valence-corrected chi connectivity index (χ1v) is 34.8. The average Bonchev–Trinajstić information content (AvgIpc) is 1.59. The molecule has 95 heavy (non-hydrogen) atoms. The van der Waals surface area contributed by atoms with Crippen molar-refractivity contribution >= 4 is 0 Å². The zero-order valence-corrected chi connectivity index (χ0v) is 57.3. The highest BCUT2D eigenvalue weighted by Gasteiger charge is 2.42. The maximum absolute atomic E-state index is 4.94. The molecule has 0 saturated carbocycles. The molecule has 0 amide bonds. The van der Waals surface area contributed by atoms with E-state index in [0.717, 1.165) is 13.2 Å². The molecule has 1 saturated heterocycles. The van der Waals surface area contributed by atoms with E-state index in [1.165, 1.54) is 191 Å². The Bertz CT molecular complexity index is 4570. The predicted octanol–water partition coefficient (Wildman–Crippen LogP) is 24.7. The third-order valence-electron chi connectivity index (χ3n) is 23.8. The molecule has 1 heteroatoms. The Balaban J connectivity index is 0.000000134. The highest BCUT2D eigenvalue weighted by Crippen LogP contribution is 2.57. The topological polar surface area (TPSA) is 9.23 Å². The van der Waals surface area contributed by atoms with Gasteiger partial charge in [0.25, 0.3) is 0 Å². The Morgan fingerprint density at radius 1 is 0.179 bits per heavy atom. The van der Waals surface area contributed by atoms with Crippen molar-refractivity contribution in [3.8, 4) is 111 Å². The lowest BCUT2D eigenvalue weighted by molar-refractivity contribution is 0.198. The van der Waals surface area contributed by atoms with E-state index < -0.39 is 0 Å². The van der Waals surface area contributed by atoms with Crippen LogP contribution in [0.3, 0.4) is 0 Å². The summed E-state index contributed by atoms with van der Waals surface area (Å²) < 4.78 is 4.94. The lowest BCUT2D eigenvalue weighted by Crippen LogP contribution is -2.16. The first kappa shape index (κ1) is 59.4. The Kier molecular flexibility index (Phi) is 13.2. The molecule has 19 rings (SSSR count). The standard InChI is InChI=1S/2C45H38.C4H8O/c2*1-43(2)37-13-9-7-11-31(37)33-19-15-27(23-39(33)43)29-17-21-35-36-22-18-30(26-42(36)45(5,6)41(35)25-29)28-16-20-34-32-12-8-10-14-38(32)44(3,4)40(34)24-28;1-2-4-5-3-1/h2*7-26H,1-6H3;1-4H2. The van der Waals surface area contributed by atoms with Crippen LogP contribution < -0.4 is 0 Å². The van der Waals surface area contributed by atoms with Crippen molar-refractivity contribution < 1.29 is 4.74 Å². The number of ether oxygens (including phenoxy) is 1. The lowest BCUT2D eigenvalue weighted by atomic mass is 9.79. The van der Waals surface area contributed by atoms with Gasteiger partial charge in [0.05, 0.1) is 0 Å². The Labute approximate surface area is 563 Å². The van der Waals surface area contributed by atoms with E-state index in [4.69, 9.17) is 4.74 Å². The van der Waals surface area contributed by atoms with Crippen LogP contribution in [-0.2, 0) is 37.2 Å². The summed E-state index contributed by atoms with van der Waals surface area (Å²) in [6.45, 7) is 30.5. The van der Waals surface area contributed by atoms with Gasteiger partial charge in [0.1, 0.15) is 0 Å². The zero-order chi connectivity index (χ0) is 65.3. The van der Waals surface area contributed by atoms with Crippen molar-refractivity contribution in [2.45, 2.75) is 128 Å². The molecule has 0 atom stereocenters. The Hall–Kier alpha value is -9.40. The SMILES string of the molecule is C1CCOC1.CC1(C)c2ccccc2-c2ccc(-c3ccc4c(c3)C(C)(C)c3cc(-c5ccc6c(c5)C(C)(C)c5ccccc5-6)ccc3-4)cc21.CC1(C)c2ccccc2-c2ccc(-c3ccc4c(c3)C(C)(C)c3cc(-c5ccc6c(c5)C(C)(C)c5ccccc5-6)ccc3-4)cc21. The molecule has 1 nitrogen and oxygen atoms in total. The van der Waals surface area contributed by atoms with Crippen LogP contribution in [-0.4, -0.2) is 13.2 Å². The van der Waals surface area contributed by atoms with Crippen LogP contribution in [0.2, 0.25) is 0 Å². The molecule has 12 aromatic rings. The molecule has 1 aliphatic heterocycles. The molecule has 0 radical (unpaired) electrons. The lowest BCUT2D eigenvalue weighted by Gasteiger charge is -2.24. The van der Waals surface area contributed by atoms with Gasteiger partial charge in [-0.1, -0.05) is 277 Å². The molecule has 1 heterocycles. The quantitative estimate of drug-likeness (QED) is 0.171. The number of rotatable bonds is 4. The maximum Gasteiger partial charge on any atom is 0.0466 e. The first-order chi connectivity index (χ1) is 45.6. The highest BCUT2D eigenvalue weighted by atomic mass is 16.5. The smallest absolute Gasteiger partial charge is 0.0466 e. The van der Waals surface area contributed by atoms with Gasteiger partial charge in [0.15, 0.2) is 0 Å². The van der Waals surface area contributed by atoms with Crippen molar-refractivity contribution in [2.24, 2.45) is 0 Å². The molecule has 12 aromatic carbocycles. The van der Waals surface area contributed by atoms with Gasteiger partial charge in [-0.2, -0.15) is 0 Å². The van der Waals surface area contributed by atoms with Crippen molar-refractivity contribution in [1.82, 2.24) is 0 Å². The van der Waals surface area contributed by atoms with Crippen LogP contribution >= 0.6 is 0 Å². The minimum absolute atomic E-state index is 0.000131. The minimum atomic E-state index is -0.0881. The van der Waals surface area contributed by atoms with Gasteiger partial charge < -0.3 is 4.74 Å². The summed E-state index contributed by atoms with van der Waals surface area (Å²) >= 11 is 0. The predicted molar refractivity (Wildman–Crippen MR) is 400 cm³/mol. The van der Waals surface area contributed by atoms with Crippen LogP contribution in [0.15, 0.2) is 243 Å². The van der Waals surface area contributed by atoms with Crippen molar-refractivity contribution in [3.05, 3.63) is 309 Å². The molecule has 0 N–H and O–H groups in total. The zero-order valence-electron chi connectivity index (χ0n) is 57.3. The van der Waals surface area contributed by atoms with E-state index in [1.54, 1.807) is 0 Å². The van der Waals surface area contributed by atoms with Crippen molar-refractivity contribution in [3.63, 3.8) is 0 Å². The van der Waals surface area contributed by atoms with E-state index in [9.17, 15) is 0 Å². The van der Waals surface area contributed by atoms with Crippen LogP contribution in [0.25, 0.3) is 111 Å². The van der Waals surface area contributed by atoms with Gasteiger partial charge in [0, 0.05) is 45.7 Å². The van der Waals surface area contributed by atoms with Crippen molar-refractivity contribution in [1.29, 1.82) is 0 Å². The van der Waals surface area contributed by atoms with Crippen LogP contribution in [0.5, 0.6) is 0 Å². The van der Waals surface area contributed by atoms with Gasteiger partial charge in [-0.25, -0.2) is 0 Å². The van der Waals surface area contributed by atoms with E-state index in [-0.39, 0.29) is 32.5 Å². The Morgan fingerprint density at radius 2 is 0.326 bits per heavy atom. The summed E-state index contributed by atoms with van der Waals surface area (Å²) in [7, 11) is 0. The maximum atomic E-state index is 4.94. The monoisotopic (exact) mass is 1230 g/mol. The fraction of sp³-hybridized carbons (Fsp3) is 0.234. The number of hydrogen-bond donors (Lipinski definition) is 0. The molecule has 0 unspecified atom stereocenters. The molecule has 6 aliphatic carbocycles. The van der Waals surface area contributed by atoms with Gasteiger partial charge in [-0.05, 0) is 239 Å². The van der Waals surface area contributed by atoms with Crippen LogP contribution in [0.4, 0.5) is 0 Å². The van der Waals surface area contributed by atoms with Gasteiger partial charge in [-0.3, -0.25) is 0 Å². The van der Waals surface area contributed by atoms with Gasteiger partial charge in [0.2, 0.25) is 0 Å². The molecule has 1 fully saturated rings. The molecule has 466 valence electrons. The van der Waals surface area contributed by atoms with Gasteiger partial charge >= 0.3 is 0 Å². The summed E-state index contributed by atoms with van der Waals surface area (Å²) in [5.74, 6) is 0. The third-order valence-corrected chi connectivity index (χ3v) is 23.8. The van der Waals surface area contributed by atoms with E-state index in [2.05, 4.69) is 326 Å². The van der Waals surface area contributed by atoms with Crippen LogP contribution in [0.1, 0.15) is 163 Å². The van der Waals surface area contributed by atoms with E-state index >= 15 is 0 Å². The molecule has 0 bridgehead atoms. The summed E-state index contributed by atoms with van der Waals surface area (Å²) in [6.07, 6.45) is 2.56. The second-order valence-electron chi connectivity index (χ2n) is 31.3. The van der Waals surface area contributed by atoms with E-state index in [0.29, 0.717) is 0 Å². The highest BCUT2D eigenvalue weighted by molar-refractivity contribution is 5.92. The number of benzene rings is 12. The largest absolute Gasteiger partial charge is 0.381 e. The Morgan fingerprint density at radius 3 is 0.484 bits per heavy atom. The molecule has 0 aromatic heterocycles. The average molecular weight is 1230 g/mol. The minimum Gasteiger partial charge on any atom is -0.381 e. The summed E-state index contributed by atoms with van der Waals surface area (Å²) in [6, 6.07) is 92.6. The fourth-order valence-corrected chi connectivity index (χ4v) is 18.2. The second-order valence-corrected chi connectivity index (χ2v) is 31.3.